The van der Waals surface area contributed by atoms with E-state index in [1.807, 2.05) is 0 Å². The SMILES string of the molecule is CC(C)NCC1CCCOCC1. The maximum Gasteiger partial charge on any atom is 0.0469 e. The molecule has 1 rings (SSSR count). The van der Waals surface area contributed by atoms with E-state index in [0.717, 1.165) is 19.1 Å². The Bertz CT molecular complexity index is 106. The highest BCUT2D eigenvalue weighted by molar-refractivity contribution is 4.66. The predicted octanol–water partition coefficient (Wildman–Crippen LogP) is 1.80. The van der Waals surface area contributed by atoms with Gasteiger partial charge in [-0.1, -0.05) is 13.8 Å². The van der Waals surface area contributed by atoms with Crippen LogP contribution in [-0.2, 0) is 4.74 Å². The lowest BCUT2D eigenvalue weighted by Crippen LogP contribution is -2.29. The number of rotatable bonds is 3. The molecule has 0 aromatic rings. The molecule has 1 aliphatic rings. The quantitative estimate of drug-likeness (QED) is 0.699. The topological polar surface area (TPSA) is 21.3 Å². The zero-order valence-electron chi connectivity index (χ0n) is 8.31. The molecule has 12 heavy (non-hydrogen) atoms. The van der Waals surface area contributed by atoms with Gasteiger partial charge >= 0.3 is 0 Å². The van der Waals surface area contributed by atoms with Crippen molar-refractivity contribution < 1.29 is 4.74 Å². The molecule has 0 aromatic carbocycles. The van der Waals surface area contributed by atoms with Crippen LogP contribution in [-0.4, -0.2) is 25.8 Å². The minimum absolute atomic E-state index is 0.620. The van der Waals surface area contributed by atoms with E-state index >= 15 is 0 Å². The summed E-state index contributed by atoms with van der Waals surface area (Å²) in [6, 6.07) is 0.620. The maximum atomic E-state index is 5.40. The third kappa shape index (κ3) is 4.07. The molecule has 0 spiro atoms. The number of nitrogens with one attached hydrogen (secondary N) is 1. The van der Waals surface area contributed by atoms with E-state index in [-0.39, 0.29) is 0 Å². The van der Waals surface area contributed by atoms with Gasteiger partial charge in [0.25, 0.3) is 0 Å². The molecule has 0 aliphatic carbocycles. The summed E-state index contributed by atoms with van der Waals surface area (Å²) < 4.78 is 5.40. The Morgan fingerprint density at radius 1 is 1.33 bits per heavy atom. The van der Waals surface area contributed by atoms with Gasteiger partial charge in [-0.15, -0.1) is 0 Å². The Morgan fingerprint density at radius 3 is 2.92 bits per heavy atom. The summed E-state index contributed by atoms with van der Waals surface area (Å²) in [5.74, 6) is 0.842. The monoisotopic (exact) mass is 171 g/mol. The molecule has 1 heterocycles. The van der Waals surface area contributed by atoms with Crippen LogP contribution in [0.4, 0.5) is 0 Å². The van der Waals surface area contributed by atoms with Gasteiger partial charge < -0.3 is 10.1 Å². The fourth-order valence-corrected chi connectivity index (χ4v) is 1.58. The average molecular weight is 171 g/mol. The highest BCUT2D eigenvalue weighted by Gasteiger charge is 2.11. The molecule has 0 aromatic heterocycles. The largest absolute Gasteiger partial charge is 0.381 e. The molecule has 1 atom stereocenters. The molecule has 0 amide bonds. The summed E-state index contributed by atoms with van der Waals surface area (Å²) in [6.45, 7) is 7.50. The molecule has 0 bridgehead atoms. The summed E-state index contributed by atoms with van der Waals surface area (Å²) in [5.41, 5.74) is 0. The summed E-state index contributed by atoms with van der Waals surface area (Å²) in [5, 5.41) is 3.49. The third-order valence-corrected chi connectivity index (χ3v) is 2.39. The van der Waals surface area contributed by atoms with Crippen LogP contribution in [0.1, 0.15) is 33.1 Å². The normalized spacial score (nSPS) is 25.8. The summed E-state index contributed by atoms with van der Waals surface area (Å²) in [7, 11) is 0. The van der Waals surface area contributed by atoms with Crippen molar-refractivity contribution in [3.8, 4) is 0 Å². The first kappa shape index (κ1) is 10.0. The summed E-state index contributed by atoms with van der Waals surface area (Å²) in [6.07, 6.45) is 3.81. The van der Waals surface area contributed by atoms with Crippen molar-refractivity contribution in [1.82, 2.24) is 5.32 Å². The molecule has 0 saturated carbocycles. The number of hydrogen-bond acceptors (Lipinski definition) is 2. The van der Waals surface area contributed by atoms with Gasteiger partial charge in [-0.3, -0.25) is 0 Å². The van der Waals surface area contributed by atoms with Gasteiger partial charge in [0.1, 0.15) is 0 Å². The second kappa shape index (κ2) is 5.55. The van der Waals surface area contributed by atoms with Crippen molar-refractivity contribution in [2.75, 3.05) is 19.8 Å². The molecule has 1 saturated heterocycles. The molecular formula is C10H21NO. The Kier molecular flexibility index (Phi) is 4.62. The van der Waals surface area contributed by atoms with Crippen LogP contribution in [0.25, 0.3) is 0 Å². The number of hydrogen-bond donors (Lipinski definition) is 1. The molecule has 1 aliphatic heterocycles. The van der Waals surface area contributed by atoms with E-state index in [1.54, 1.807) is 0 Å². The molecule has 2 heteroatoms. The first-order chi connectivity index (χ1) is 5.79. The fourth-order valence-electron chi connectivity index (χ4n) is 1.58. The van der Waals surface area contributed by atoms with Gasteiger partial charge in [-0.2, -0.15) is 0 Å². The van der Waals surface area contributed by atoms with Crippen LogP contribution < -0.4 is 5.32 Å². The van der Waals surface area contributed by atoms with Crippen molar-refractivity contribution in [3.63, 3.8) is 0 Å². The Labute approximate surface area is 75.7 Å². The number of ether oxygens (including phenoxy) is 1. The van der Waals surface area contributed by atoms with Gasteiger partial charge in [0.2, 0.25) is 0 Å². The van der Waals surface area contributed by atoms with Crippen LogP contribution in [0, 0.1) is 5.92 Å². The second-order valence-corrected chi connectivity index (χ2v) is 3.97. The van der Waals surface area contributed by atoms with Crippen LogP contribution in [0.5, 0.6) is 0 Å². The van der Waals surface area contributed by atoms with Gasteiger partial charge in [0, 0.05) is 19.3 Å². The maximum absolute atomic E-state index is 5.40. The van der Waals surface area contributed by atoms with Gasteiger partial charge in [-0.05, 0) is 31.7 Å². The molecule has 1 unspecified atom stereocenters. The highest BCUT2D eigenvalue weighted by atomic mass is 16.5. The second-order valence-electron chi connectivity index (χ2n) is 3.97. The molecular weight excluding hydrogens is 150 g/mol. The minimum Gasteiger partial charge on any atom is -0.381 e. The molecule has 72 valence electrons. The van der Waals surface area contributed by atoms with Gasteiger partial charge in [0.15, 0.2) is 0 Å². The summed E-state index contributed by atoms with van der Waals surface area (Å²) in [4.78, 5) is 0. The van der Waals surface area contributed by atoms with E-state index < -0.39 is 0 Å². The van der Waals surface area contributed by atoms with Gasteiger partial charge in [-0.25, -0.2) is 0 Å². The highest BCUT2D eigenvalue weighted by Crippen LogP contribution is 2.14. The van der Waals surface area contributed by atoms with E-state index in [4.69, 9.17) is 4.74 Å². The first-order valence-electron chi connectivity index (χ1n) is 5.10. The van der Waals surface area contributed by atoms with Crippen molar-refractivity contribution in [2.45, 2.75) is 39.2 Å². The van der Waals surface area contributed by atoms with Crippen molar-refractivity contribution in [1.29, 1.82) is 0 Å². The molecule has 1 fully saturated rings. The molecule has 1 N–H and O–H groups in total. The van der Waals surface area contributed by atoms with E-state index in [0.29, 0.717) is 6.04 Å². The minimum atomic E-state index is 0.620. The zero-order chi connectivity index (χ0) is 8.81. The van der Waals surface area contributed by atoms with Crippen LogP contribution in [0.2, 0.25) is 0 Å². The van der Waals surface area contributed by atoms with E-state index in [2.05, 4.69) is 19.2 Å². The lowest BCUT2D eigenvalue weighted by molar-refractivity contribution is 0.141. The van der Waals surface area contributed by atoms with Crippen LogP contribution in [0.3, 0.4) is 0 Å². The van der Waals surface area contributed by atoms with Crippen molar-refractivity contribution in [3.05, 3.63) is 0 Å². The van der Waals surface area contributed by atoms with E-state index in [9.17, 15) is 0 Å². The lowest BCUT2D eigenvalue weighted by Gasteiger charge is -2.15. The Hall–Kier alpha value is -0.0800. The smallest absolute Gasteiger partial charge is 0.0469 e. The van der Waals surface area contributed by atoms with Crippen molar-refractivity contribution >= 4 is 0 Å². The summed E-state index contributed by atoms with van der Waals surface area (Å²) >= 11 is 0. The zero-order valence-corrected chi connectivity index (χ0v) is 8.31. The molecule has 0 radical (unpaired) electrons. The van der Waals surface area contributed by atoms with E-state index in [1.165, 1.54) is 25.8 Å². The van der Waals surface area contributed by atoms with Crippen LogP contribution >= 0.6 is 0 Å². The predicted molar refractivity (Wildman–Crippen MR) is 51.3 cm³/mol. The third-order valence-electron chi connectivity index (χ3n) is 2.39. The average Bonchev–Trinajstić information content (AvgIpc) is 2.28. The standard InChI is InChI=1S/C10H21NO/c1-9(2)11-8-10-4-3-6-12-7-5-10/h9-11H,3-8H2,1-2H3. The van der Waals surface area contributed by atoms with Crippen LogP contribution in [0.15, 0.2) is 0 Å². The Balaban J connectivity index is 2.12. The Morgan fingerprint density at radius 2 is 2.17 bits per heavy atom. The van der Waals surface area contributed by atoms with Gasteiger partial charge in [0.05, 0.1) is 0 Å². The first-order valence-corrected chi connectivity index (χ1v) is 5.10. The van der Waals surface area contributed by atoms with Crippen molar-refractivity contribution in [2.24, 2.45) is 5.92 Å². The molecule has 2 nitrogen and oxygen atoms in total. The lowest BCUT2D eigenvalue weighted by atomic mass is 10.0. The fraction of sp³-hybridized carbons (Fsp3) is 1.00.